The number of halogens is 1. The van der Waals surface area contributed by atoms with E-state index in [4.69, 9.17) is 21.4 Å². The monoisotopic (exact) mass is 228 g/mol. The lowest BCUT2D eigenvalue weighted by Crippen LogP contribution is -2.00. The molecule has 0 spiro atoms. The van der Waals surface area contributed by atoms with E-state index in [1.54, 1.807) is 7.11 Å². The van der Waals surface area contributed by atoms with E-state index in [0.717, 1.165) is 29.7 Å². The predicted molar refractivity (Wildman–Crippen MR) is 62.9 cm³/mol. The van der Waals surface area contributed by atoms with Gasteiger partial charge in [-0.25, -0.2) is 0 Å². The summed E-state index contributed by atoms with van der Waals surface area (Å²) >= 11 is 6.10. The number of methoxy groups -OCH3 is 1. The van der Waals surface area contributed by atoms with Gasteiger partial charge in [-0.15, -0.1) is 0 Å². The molecular formula is C12H17ClO2. The second kappa shape index (κ2) is 5.38. The lowest BCUT2D eigenvalue weighted by molar-refractivity contribution is 0.287. The lowest BCUT2D eigenvalue weighted by atomic mass is 9.98. The molecule has 84 valence electrons. The van der Waals surface area contributed by atoms with Gasteiger partial charge in [-0.1, -0.05) is 11.6 Å². The fraction of sp³-hybridized carbons (Fsp3) is 0.500. The molecule has 0 unspecified atom stereocenters. The Balaban J connectivity index is 3.18. The molecule has 0 aliphatic carbocycles. The maximum absolute atomic E-state index is 8.85. The quantitative estimate of drug-likeness (QED) is 0.859. The van der Waals surface area contributed by atoms with Crippen LogP contribution in [0.2, 0.25) is 5.02 Å². The van der Waals surface area contributed by atoms with Gasteiger partial charge in [0.1, 0.15) is 5.75 Å². The van der Waals surface area contributed by atoms with E-state index >= 15 is 0 Å². The van der Waals surface area contributed by atoms with Crippen LogP contribution >= 0.6 is 11.6 Å². The highest BCUT2D eigenvalue weighted by Crippen LogP contribution is 2.33. The van der Waals surface area contributed by atoms with Gasteiger partial charge in [0.15, 0.2) is 0 Å². The maximum atomic E-state index is 8.85. The Morgan fingerprint density at radius 2 is 2.07 bits per heavy atom. The minimum Gasteiger partial charge on any atom is -0.495 e. The van der Waals surface area contributed by atoms with Crippen molar-refractivity contribution in [2.24, 2.45) is 0 Å². The van der Waals surface area contributed by atoms with Crippen LogP contribution in [0.5, 0.6) is 5.75 Å². The second-order valence-electron chi connectivity index (χ2n) is 3.64. The predicted octanol–water partition coefficient (Wildman–Crippen LogP) is 2.89. The molecule has 3 heteroatoms. The number of aliphatic hydroxyl groups is 1. The molecule has 15 heavy (non-hydrogen) atoms. The zero-order valence-electron chi connectivity index (χ0n) is 9.43. The van der Waals surface area contributed by atoms with Crippen molar-refractivity contribution in [3.8, 4) is 5.75 Å². The van der Waals surface area contributed by atoms with E-state index in [-0.39, 0.29) is 6.61 Å². The Bertz CT molecular complexity index is 348. The maximum Gasteiger partial charge on any atom is 0.140 e. The molecule has 0 aromatic heterocycles. The van der Waals surface area contributed by atoms with Gasteiger partial charge in [-0.2, -0.15) is 0 Å². The Kier molecular flexibility index (Phi) is 4.43. The fourth-order valence-corrected chi connectivity index (χ4v) is 2.05. The van der Waals surface area contributed by atoms with Crippen molar-refractivity contribution in [2.45, 2.75) is 26.7 Å². The molecule has 0 saturated heterocycles. The van der Waals surface area contributed by atoms with E-state index < -0.39 is 0 Å². The van der Waals surface area contributed by atoms with Crippen LogP contribution in [0.3, 0.4) is 0 Å². The van der Waals surface area contributed by atoms with Gasteiger partial charge in [0, 0.05) is 6.61 Å². The molecule has 0 aliphatic rings. The summed E-state index contributed by atoms with van der Waals surface area (Å²) in [5.41, 5.74) is 3.47. The zero-order chi connectivity index (χ0) is 11.4. The van der Waals surface area contributed by atoms with Crippen LogP contribution in [-0.4, -0.2) is 18.8 Å². The van der Waals surface area contributed by atoms with Crippen LogP contribution in [0.15, 0.2) is 6.07 Å². The van der Waals surface area contributed by atoms with Crippen LogP contribution in [-0.2, 0) is 6.42 Å². The van der Waals surface area contributed by atoms with Crippen molar-refractivity contribution in [3.05, 3.63) is 27.8 Å². The average molecular weight is 229 g/mol. The van der Waals surface area contributed by atoms with Gasteiger partial charge < -0.3 is 9.84 Å². The van der Waals surface area contributed by atoms with E-state index in [1.807, 2.05) is 13.0 Å². The second-order valence-corrected chi connectivity index (χ2v) is 4.05. The number of aryl methyl sites for hydroxylation is 1. The molecule has 1 aromatic carbocycles. The summed E-state index contributed by atoms with van der Waals surface area (Å²) in [6, 6.07) is 1.91. The van der Waals surface area contributed by atoms with E-state index in [1.165, 1.54) is 5.56 Å². The van der Waals surface area contributed by atoms with Gasteiger partial charge in [0.2, 0.25) is 0 Å². The number of aliphatic hydroxyl groups excluding tert-OH is 1. The fourth-order valence-electron chi connectivity index (χ4n) is 1.69. The molecule has 0 aliphatic heterocycles. The Hall–Kier alpha value is -0.730. The summed E-state index contributed by atoms with van der Waals surface area (Å²) in [5, 5.41) is 9.49. The third-order valence-electron chi connectivity index (χ3n) is 2.67. The Morgan fingerprint density at radius 3 is 2.60 bits per heavy atom. The third kappa shape index (κ3) is 2.64. The van der Waals surface area contributed by atoms with Crippen LogP contribution < -0.4 is 4.74 Å². The molecule has 0 amide bonds. The van der Waals surface area contributed by atoms with Crippen molar-refractivity contribution in [1.29, 1.82) is 0 Å². The lowest BCUT2D eigenvalue weighted by Gasteiger charge is -2.15. The van der Waals surface area contributed by atoms with Gasteiger partial charge in [-0.05, 0) is 49.4 Å². The van der Waals surface area contributed by atoms with Gasteiger partial charge in [-0.3, -0.25) is 0 Å². The van der Waals surface area contributed by atoms with Crippen molar-refractivity contribution >= 4 is 11.6 Å². The van der Waals surface area contributed by atoms with E-state index in [2.05, 4.69) is 6.92 Å². The average Bonchev–Trinajstić information content (AvgIpc) is 2.21. The summed E-state index contributed by atoms with van der Waals surface area (Å²) < 4.78 is 5.30. The number of rotatable bonds is 4. The Labute approximate surface area is 95.8 Å². The molecule has 0 bridgehead atoms. The zero-order valence-corrected chi connectivity index (χ0v) is 10.2. The Morgan fingerprint density at radius 1 is 1.40 bits per heavy atom. The van der Waals surface area contributed by atoms with Gasteiger partial charge in [0.05, 0.1) is 12.1 Å². The van der Waals surface area contributed by atoms with Gasteiger partial charge in [0.25, 0.3) is 0 Å². The first-order valence-corrected chi connectivity index (χ1v) is 5.43. The third-order valence-corrected chi connectivity index (χ3v) is 2.95. The van der Waals surface area contributed by atoms with Crippen LogP contribution in [0.4, 0.5) is 0 Å². The summed E-state index contributed by atoms with van der Waals surface area (Å²) in [6.45, 7) is 4.28. The molecule has 2 nitrogen and oxygen atoms in total. The minimum atomic E-state index is 0.189. The molecule has 0 heterocycles. The minimum absolute atomic E-state index is 0.189. The first-order valence-electron chi connectivity index (χ1n) is 5.05. The SMILES string of the molecule is COc1c(Cl)cc(C)c(C)c1CCCO. The topological polar surface area (TPSA) is 29.5 Å². The normalized spacial score (nSPS) is 10.5. The molecule has 1 N–H and O–H groups in total. The highest BCUT2D eigenvalue weighted by molar-refractivity contribution is 6.32. The molecule has 0 saturated carbocycles. The van der Waals surface area contributed by atoms with Crippen LogP contribution in [0, 0.1) is 13.8 Å². The van der Waals surface area contributed by atoms with E-state index in [9.17, 15) is 0 Å². The van der Waals surface area contributed by atoms with Crippen molar-refractivity contribution in [2.75, 3.05) is 13.7 Å². The van der Waals surface area contributed by atoms with Gasteiger partial charge >= 0.3 is 0 Å². The van der Waals surface area contributed by atoms with Crippen molar-refractivity contribution in [3.63, 3.8) is 0 Å². The highest BCUT2D eigenvalue weighted by atomic mass is 35.5. The first kappa shape index (κ1) is 12.3. The summed E-state index contributed by atoms with van der Waals surface area (Å²) in [5.74, 6) is 0.744. The van der Waals surface area contributed by atoms with Crippen LogP contribution in [0.1, 0.15) is 23.1 Å². The number of ether oxygens (including phenoxy) is 1. The summed E-state index contributed by atoms with van der Waals surface area (Å²) in [4.78, 5) is 0. The standard InChI is InChI=1S/C12H17ClO2/c1-8-7-11(13)12(15-3)10(9(8)2)5-4-6-14/h7,14H,4-6H2,1-3H3. The van der Waals surface area contributed by atoms with Crippen molar-refractivity contribution < 1.29 is 9.84 Å². The molecule has 0 radical (unpaired) electrons. The summed E-state index contributed by atoms with van der Waals surface area (Å²) in [6.07, 6.45) is 1.53. The van der Waals surface area contributed by atoms with E-state index in [0.29, 0.717) is 5.02 Å². The molecule has 0 fully saturated rings. The molecule has 0 atom stereocenters. The number of benzene rings is 1. The number of hydrogen-bond acceptors (Lipinski definition) is 2. The molecular weight excluding hydrogens is 212 g/mol. The first-order chi connectivity index (χ1) is 7.11. The highest BCUT2D eigenvalue weighted by Gasteiger charge is 2.12. The number of hydrogen-bond donors (Lipinski definition) is 1. The van der Waals surface area contributed by atoms with Crippen LogP contribution in [0.25, 0.3) is 0 Å². The largest absolute Gasteiger partial charge is 0.495 e. The molecule has 1 aromatic rings. The van der Waals surface area contributed by atoms with Crippen molar-refractivity contribution in [1.82, 2.24) is 0 Å². The smallest absolute Gasteiger partial charge is 0.140 e. The summed E-state index contributed by atoms with van der Waals surface area (Å²) in [7, 11) is 1.62. The molecule has 1 rings (SSSR count).